The van der Waals surface area contributed by atoms with Crippen LogP contribution in [0.3, 0.4) is 0 Å². The highest BCUT2D eigenvalue weighted by Crippen LogP contribution is 2.67. The summed E-state index contributed by atoms with van der Waals surface area (Å²) in [6.07, 6.45) is 18.5. The smallest absolute Gasteiger partial charge is 0.0657 e. The quantitative estimate of drug-likeness (QED) is 0.468. The van der Waals surface area contributed by atoms with Crippen LogP contribution in [0.5, 0.6) is 0 Å². The number of hydrogen-bond acceptors (Lipinski definition) is 2. The average Bonchev–Trinajstić information content (AvgIpc) is 3.02. The summed E-state index contributed by atoms with van der Waals surface area (Å²) in [6.45, 7) is 9.74. The lowest BCUT2D eigenvalue weighted by molar-refractivity contribution is -0.0712. The van der Waals surface area contributed by atoms with Gasteiger partial charge in [-0.25, -0.2) is 0 Å². The van der Waals surface area contributed by atoms with Crippen LogP contribution in [0, 0.1) is 46.3 Å². The van der Waals surface area contributed by atoms with Gasteiger partial charge in [-0.15, -0.1) is 0 Å². The maximum atomic E-state index is 10.7. The first kappa shape index (κ1) is 22.5. The normalized spacial score (nSPS) is 49.3. The van der Waals surface area contributed by atoms with Crippen LogP contribution in [-0.4, -0.2) is 21.9 Å². The van der Waals surface area contributed by atoms with Crippen molar-refractivity contribution >= 4 is 0 Å². The van der Waals surface area contributed by atoms with Crippen molar-refractivity contribution in [2.45, 2.75) is 123 Å². The Labute approximate surface area is 191 Å². The highest BCUT2D eigenvalue weighted by Gasteiger charge is 2.59. The van der Waals surface area contributed by atoms with Crippen molar-refractivity contribution in [2.75, 3.05) is 0 Å². The van der Waals surface area contributed by atoms with Crippen molar-refractivity contribution in [1.82, 2.24) is 0 Å². The van der Waals surface area contributed by atoms with E-state index in [1.165, 1.54) is 64.2 Å². The third-order valence-corrected chi connectivity index (χ3v) is 11.8. The molecule has 5 aliphatic carbocycles. The fourth-order valence-electron chi connectivity index (χ4n) is 9.47. The van der Waals surface area contributed by atoms with Gasteiger partial charge in [0.25, 0.3) is 0 Å². The molecule has 2 heteroatoms. The summed E-state index contributed by atoms with van der Waals surface area (Å²) in [5.74, 6) is 4.76. The van der Waals surface area contributed by atoms with E-state index < -0.39 is 5.60 Å². The average molecular weight is 429 g/mol. The van der Waals surface area contributed by atoms with Crippen LogP contribution < -0.4 is 0 Å². The Morgan fingerprint density at radius 2 is 1.74 bits per heavy atom. The Hall–Kier alpha value is -0.340. The molecule has 2 nitrogen and oxygen atoms in total. The van der Waals surface area contributed by atoms with E-state index in [1.807, 2.05) is 6.92 Å². The Kier molecular flexibility index (Phi) is 5.70. The summed E-state index contributed by atoms with van der Waals surface area (Å²) in [5, 5.41) is 21.3. The van der Waals surface area contributed by atoms with E-state index in [-0.39, 0.29) is 6.10 Å². The zero-order chi connectivity index (χ0) is 22.0. The minimum absolute atomic E-state index is 0.0395. The Morgan fingerprint density at radius 1 is 0.968 bits per heavy atom. The zero-order valence-corrected chi connectivity index (χ0v) is 20.7. The number of rotatable bonds is 5. The van der Waals surface area contributed by atoms with E-state index >= 15 is 0 Å². The van der Waals surface area contributed by atoms with E-state index in [9.17, 15) is 10.2 Å². The molecule has 0 aliphatic heterocycles. The number of fused-ring (bicyclic) bond motifs is 5. The first-order valence-electron chi connectivity index (χ1n) is 13.7. The summed E-state index contributed by atoms with van der Waals surface area (Å²) in [6, 6.07) is 0. The third-order valence-electron chi connectivity index (χ3n) is 11.8. The topological polar surface area (TPSA) is 40.5 Å². The second kappa shape index (κ2) is 7.86. The maximum Gasteiger partial charge on any atom is 0.0657 e. The number of hydrogen-bond donors (Lipinski definition) is 2. The second-order valence-corrected chi connectivity index (χ2v) is 13.5. The molecule has 176 valence electrons. The molecule has 5 rings (SSSR count). The van der Waals surface area contributed by atoms with Crippen molar-refractivity contribution in [2.24, 2.45) is 46.3 Å². The molecule has 2 N–H and O–H groups in total. The largest absolute Gasteiger partial charge is 0.393 e. The standard InChI is InChI=1S/C29H48O2/c1-19(8-13-26(30)20-6-5-7-20)23-11-12-24-22-10-9-21-18-27(2,31)16-17-28(21,3)25(22)14-15-29(23,24)4/h9,19-20,22-26,30-31H,5-8,10-18H2,1-4H3/t19-,22+,23-,24+,25+,26-,27+,28+,29-/m1/s1. The summed E-state index contributed by atoms with van der Waals surface area (Å²) in [7, 11) is 0. The van der Waals surface area contributed by atoms with Crippen LogP contribution in [0.15, 0.2) is 11.6 Å². The molecular weight excluding hydrogens is 380 g/mol. The number of allylic oxidation sites excluding steroid dienone is 1. The monoisotopic (exact) mass is 428 g/mol. The van der Waals surface area contributed by atoms with E-state index in [2.05, 4.69) is 26.8 Å². The molecule has 0 aromatic rings. The SMILES string of the molecule is C[C@H](CC[C@@H](O)C1CCC1)[C@H]1CC[C@H]2[C@@H]3CC=C4C[C@@](C)(O)CC[C@]4(C)[C@H]3CC[C@]12C. The summed E-state index contributed by atoms with van der Waals surface area (Å²) < 4.78 is 0. The highest BCUT2D eigenvalue weighted by atomic mass is 16.3. The van der Waals surface area contributed by atoms with Crippen molar-refractivity contribution in [3.8, 4) is 0 Å². The predicted octanol–water partition coefficient (Wildman–Crippen LogP) is 6.89. The summed E-state index contributed by atoms with van der Waals surface area (Å²) >= 11 is 0. The molecule has 0 amide bonds. The van der Waals surface area contributed by atoms with Crippen molar-refractivity contribution < 1.29 is 10.2 Å². The molecule has 5 aliphatic rings. The molecule has 31 heavy (non-hydrogen) atoms. The fourth-order valence-corrected chi connectivity index (χ4v) is 9.47. The molecule has 0 heterocycles. The fraction of sp³-hybridized carbons (Fsp3) is 0.931. The van der Waals surface area contributed by atoms with Crippen molar-refractivity contribution in [1.29, 1.82) is 0 Å². The number of aliphatic hydroxyl groups excluding tert-OH is 1. The first-order chi connectivity index (χ1) is 14.6. The lowest BCUT2D eigenvalue weighted by Crippen LogP contribution is -2.52. The highest BCUT2D eigenvalue weighted by molar-refractivity contribution is 5.26. The van der Waals surface area contributed by atoms with Gasteiger partial charge in [-0.2, -0.15) is 0 Å². The van der Waals surface area contributed by atoms with Crippen LogP contribution in [0.1, 0.15) is 111 Å². The van der Waals surface area contributed by atoms with E-state index in [0.29, 0.717) is 16.7 Å². The predicted molar refractivity (Wildman–Crippen MR) is 128 cm³/mol. The molecule has 0 saturated heterocycles. The van der Waals surface area contributed by atoms with Gasteiger partial charge in [0.05, 0.1) is 11.7 Å². The van der Waals surface area contributed by atoms with Gasteiger partial charge < -0.3 is 10.2 Å². The molecule has 0 aromatic carbocycles. The second-order valence-electron chi connectivity index (χ2n) is 13.5. The zero-order valence-electron chi connectivity index (χ0n) is 20.7. The Bertz CT molecular complexity index is 706. The molecule has 0 bridgehead atoms. The van der Waals surface area contributed by atoms with Gasteiger partial charge in [0, 0.05) is 0 Å². The van der Waals surface area contributed by atoms with Crippen LogP contribution in [0.4, 0.5) is 0 Å². The van der Waals surface area contributed by atoms with E-state index in [1.54, 1.807) is 5.57 Å². The minimum atomic E-state index is -0.487. The van der Waals surface area contributed by atoms with Gasteiger partial charge in [0.15, 0.2) is 0 Å². The lowest BCUT2D eigenvalue weighted by Gasteiger charge is -2.59. The molecular formula is C29H48O2. The van der Waals surface area contributed by atoms with Gasteiger partial charge in [-0.05, 0) is 130 Å². The van der Waals surface area contributed by atoms with Crippen molar-refractivity contribution in [3.05, 3.63) is 11.6 Å². The molecule has 0 aromatic heterocycles. The minimum Gasteiger partial charge on any atom is -0.393 e. The molecule has 4 fully saturated rings. The summed E-state index contributed by atoms with van der Waals surface area (Å²) in [4.78, 5) is 0. The van der Waals surface area contributed by atoms with Crippen LogP contribution in [0.2, 0.25) is 0 Å². The van der Waals surface area contributed by atoms with Crippen LogP contribution in [-0.2, 0) is 0 Å². The van der Waals surface area contributed by atoms with Gasteiger partial charge in [-0.3, -0.25) is 0 Å². The molecule has 4 saturated carbocycles. The van der Waals surface area contributed by atoms with Crippen LogP contribution in [0.25, 0.3) is 0 Å². The Balaban J connectivity index is 1.28. The molecule has 0 unspecified atom stereocenters. The van der Waals surface area contributed by atoms with E-state index in [4.69, 9.17) is 0 Å². The van der Waals surface area contributed by atoms with E-state index in [0.717, 1.165) is 48.9 Å². The Morgan fingerprint density at radius 3 is 2.45 bits per heavy atom. The summed E-state index contributed by atoms with van der Waals surface area (Å²) in [5.41, 5.74) is 1.94. The molecule has 0 spiro atoms. The lowest BCUT2D eigenvalue weighted by atomic mass is 9.46. The maximum absolute atomic E-state index is 10.7. The molecule has 0 radical (unpaired) electrons. The van der Waals surface area contributed by atoms with Crippen molar-refractivity contribution in [3.63, 3.8) is 0 Å². The third kappa shape index (κ3) is 3.67. The van der Waals surface area contributed by atoms with Gasteiger partial charge >= 0.3 is 0 Å². The van der Waals surface area contributed by atoms with Gasteiger partial charge in [0.1, 0.15) is 0 Å². The van der Waals surface area contributed by atoms with Gasteiger partial charge in [0.2, 0.25) is 0 Å². The number of aliphatic hydroxyl groups is 2. The first-order valence-corrected chi connectivity index (χ1v) is 13.7. The molecule has 9 atom stereocenters. The van der Waals surface area contributed by atoms with Crippen LogP contribution >= 0.6 is 0 Å². The van der Waals surface area contributed by atoms with Gasteiger partial charge in [-0.1, -0.05) is 38.8 Å².